The molecule has 0 fully saturated rings. The van der Waals surface area contributed by atoms with Crippen LogP contribution in [-0.4, -0.2) is 9.78 Å². The van der Waals surface area contributed by atoms with Crippen molar-refractivity contribution in [3.05, 3.63) is 23.9 Å². The van der Waals surface area contributed by atoms with E-state index in [9.17, 15) is 0 Å². The summed E-state index contributed by atoms with van der Waals surface area (Å²) in [5.41, 5.74) is 1.22. The average Bonchev–Trinajstić information content (AvgIpc) is 2.14. The molecule has 0 aliphatic heterocycles. The topological polar surface area (TPSA) is 17.8 Å². The minimum Gasteiger partial charge on any atom is -0.276 e. The maximum atomic E-state index is 4.03. The molecule has 2 nitrogen and oxygen atoms in total. The summed E-state index contributed by atoms with van der Waals surface area (Å²) in [6.07, 6.45) is 3.88. The minimum atomic E-state index is 1.22. The second kappa shape index (κ2) is 2.21. The summed E-state index contributed by atoms with van der Waals surface area (Å²) in [7, 11) is 1.92. The van der Waals surface area contributed by atoms with Gasteiger partial charge in [0.2, 0.25) is 0 Å². The van der Waals surface area contributed by atoms with Gasteiger partial charge in [0, 0.05) is 19.2 Å². The largest absolute Gasteiger partial charge is 0.276 e. The van der Waals surface area contributed by atoms with Crippen LogP contribution in [0.5, 0.6) is 0 Å². The molecule has 1 aromatic rings. The Morgan fingerprint density at radius 2 is 2.22 bits per heavy atom. The van der Waals surface area contributed by atoms with Gasteiger partial charge >= 0.3 is 0 Å². The SMILES string of the molecule is C[C](C)c1cnn(C)c1. The molecule has 1 heterocycles. The molecule has 1 aromatic heterocycles. The molecule has 1 rings (SSSR count). The zero-order chi connectivity index (χ0) is 6.85. The Kier molecular flexibility index (Phi) is 1.56. The average molecular weight is 123 g/mol. The van der Waals surface area contributed by atoms with Crippen LogP contribution in [0.2, 0.25) is 0 Å². The molecule has 2 heteroatoms. The van der Waals surface area contributed by atoms with Crippen molar-refractivity contribution in [2.45, 2.75) is 13.8 Å². The predicted molar refractivity (Wildman–Crippen MR) is 36.9 cm³/mol. The lowest BCUT2D eigenvalue weighted by molar-refractivity contribution is 0.767. The van der Waals surface area contributed by atoms with Crippen LogP contribution in [-0.2, 0) is 7.05 Å². The third-order valence-corrected chi connectivity index (χ3v) is 1.28. The molecule has 0 spiro atoms. The van der Waals surface area contributed by atoms with Crippen LogP contribution in [0.4, 0.5) is 0 Å². The lowest BCUT2D eigenvalue weighted by Gasteiger charge is -1.94. The zero-order valence-corrected chi connectivity index (χ0v) is 6.05. The number of aromatic nitrogens is 2. The molecule has 0 unspecified atom stereocenters. The zero-order valence-electron chi connectivity index (χ0n) is 6.05. The van der Waals surface area contributed by atoms with Crippen LogP contribution in [0.1, 0.15) is 19.4 Å². The highest BCUT2D eigenvalue weighted by Gasteiger charge is 1.99. The molecular formula is C7H11N2. The van der Waals surface area contributed by atoms with Gasteiger partial charge in [-0.15, -0.1) is 0 Å². The molecule has 0 aromatic carbocycles. The first-order valence-electron chi connectivity index (χ1n) is 2.99. The highest BCUT2D eigenvalue weighted by molar-refractivity contribution is 5.21. The van der Waals surface area contributed by atoms with E-state index in [-0.39, 0.29) is 0 Å². The summed E-state index contributed by atoms with van der Waals surface area (Å²) in [6, 6.07) is 0. The Morgan fingerprint density at radius 1 is 1.56 bits per heavy atom. The molecule has 0 saturated heterocycles. The summed E-state index contributed by atoms with van der Waals surface area (Å²) in [4.78, 5) is 0. The van der Waals surface area contributed by atoms with Gasteiger partial charge in [-0.25, -0.2) is 0 Å². The Labute approximate surface area is 55.5 Å². The Bertz CT molecular complexity index is 189. The second-order valence-corrected chi connectivity index (χ2v) is 2.40. The van der Waals surface area contributed by atoms with E-state index < -0.39 is 0 Å². The molecule has 0 aliphatic rings. The third-order valence-electron chi connectivity index (χ3n) is 1.28. The quantitative estimate of drug-likeness (QED) is 0.551. The third kappa shape index (κ3) is 1.31. The van der Waals surface area contributed by atoms with Crippen LogP contribution in [0.15, 0.2) is 12.4 Å². The summed E-state index contributed by atoms with van der Waals surface area (Å²) in [5.74, 6) is 1.31. The molecule has 0 bridgehead atoms. The van der Waals surface area contributed by atoms with E-state index in [1.807, 2.05) is 24.1 Å². The van der Waals surface area contributed by atoms with E-state index >= 15 is 0 Å². The van der Waals surface area contributed by atoms with Gasteiger partial charge < -0.3 is 0 Å². The molecule has 1 radical (unpaired) electrons. The first-order valence-corrected chi connectivity index (χ1v) is 2.99. The van der Waals surface area contributed by atoms with Crippen LogP contribution < -0.4 is 0 Å². The van der Waals surface area contributed by atoms with E-state index in [1.54, 1.807) is 0 Å². The normalized spacial score (nSPS) is 10.7. The van der Waals surface area contributed by atoms with Crippen molar-refractivity contribution in [3.8, 4) is 0 Å². The van der Waals surface area contributed by atoms with Gasteiger partial charge in [0.25, 0.3) is 0 Å². The fourth-order valence-corrected chi connectivity index (χ4v) is 0.679. The summed E-state index contributed by atoms with van der Waals surface area (Å²) in [6.45, 7) is 4.16. The molecular weight excluding hydrogens is 112 g/mol. The maximum absolute atomic E-state index is 4.03. The highest BCUT2D eigenvalue weighted by atomic mass is 15.2. The van der Waals surface area contributed by atoms with Crippen molar-refractivity contribution in [1.82, 2.24) is 9.78 Å². The first kappa shape index (κ1) is 6.33. The maximum Gasteiger partial charge on any atom is 0.0527 e. The van der Waals surface area contributed by atoms with Crippen LogP contribution in [0.25, 0.3) is 0 Å². The van der Waals surface area contributed by atoms with Crippen LogP contribution >= 0.6 is 0 Å². The van der Waals surface area contributed by atoms with Crippen molar-refractivity contribution in [2.75, 3.05) is 0 Å². The summed E-state index contributed by atoms with van der Waals surface area (Å²) < 4.78 is 1.81. The first-order chi connectivity index (χ1) is 4.20. The molecule has 0 N–H and O–H groups in total. The summed E-state index contributed by atoms with van der Waals surface area (Å²) >= 11 is 0. The van der Waals surface area contributed by atoms with Gasteiger partial charge in [-0.3, -0.25) is 4.68 Å². The monoisotopic (exact) mass is 123 g/mol. The number of hydrogen-bond acceptors (Lipinski definition) is 1. The predicted octanol–water partition coefficient (Wildman–Crippen LogP) is 1.38. The van der Waals surface area contributed by atoms with E-state index in [1.165, 1.54) is 11.5 Å². The molecule has 0 atom stereocenters. The Morgan fingerprint density at radius 3 is 2.44 bits per heavy atom. The van der Waals surface area contributed by atoms with Gasteiger partial charge in [0.15, 0.2) is 0 Å². The second-order valence-electron chi connectivity index (χ2n) is 2.40. The van der Waals surface area contributed by atoms with Gasteiger partial charge in [0.1, 0.15) is 0 Å². The number of aryl methyl sites for hydroxylation is 1. The van der Waals surface area contributed by atoms with Gasteiger partial charge in [0.05, 0.1) is 6.20 Å². The van der Waals surface area contributed by atoms with Crippen molar-refractivity contribution in [1.29, 1.82) is 0 Å². The van der Waals surface area contributed by atoms with Crippen molar-refractivity contribution >= 4 is 0 Å². The van der Waals surface area contributed by atoms with Crippen molar-refractivity contribution in [2.24, 2.45) is 7.05 Å². The van der Waals surface area contributed by atoms with E-state index in [4.69, 9.17) is 0 Å². The Balaban J connectivity index is 2.85. The molecule has 9 heavy (non-hydrogen) atoms. The number of hydrogen-bond donors (Lipinski definition) is 0. The standard InChI is InChI=1S/C7H11N2/c1-6(2)7-4-8-9(3)5-7/h4-5H,1-3H3. The van der Waals surface area contributed by atoms with E-state index in [0.717, 1.165) is 0 Å². The fourth-order valence-electron chi connectivity index (χ4n) is 0.679. The van der Waals surface area contributed by atoms with E-state index in [2.05, 4.69) is 18.9 Å². The van der Waals surface area contributed by atoms with Crippen LogP contribution in [0.3, 0.4) is 0 Å². The Hall–Kier alpha value is -0.790. The van der Waals surface area contributed by atoms with Crippen LogP contribution in [0, 0.1) is 5.92 Å². The lowest BCUT2D eigenvalue weighted by atomic mass is 10.1. The number of nitrogens with zero attached hydrogens (tertiary/aromatic N) is 2. The fraction of sp³-hybridized carbons (Fsp3) is 0.429. The lowest BCUT2D eigenvalue weighted by Crippen LogP contribution is -1.86. The minimum absolute atomic E-state index is 1.22. The summed E-state index contributed by atoms with van der Waals surface area (Å²) in [5, 5.41) is 4.03. The van der Waals surface area contributed by atoms with E-state index in [0.29, 0.717) is 0 Å². The number of rotatable bonds is 1. The highest BCUT2D eigenvalue weighted by Crippen LogP contribution is 2.09. The molecule has 0 saturated carbocycles. The van der Waals surface area contributed by atoms with Gasteiger partial charge in [-0.05, 0) is 5.56 Å². The van der Waals surface area contributed by atoms with Crippen molar-refractivity contribution < 1.29 is 0 Å². The van der Waals surface area contributed by atoms with Gasteiger partial charge in [-0.1, -0.05) is 13.8 Å². The van der Waals surface area contributed by atoms with Gasteiger partial charge in [-0.2, -0.15) is 5.10 Å². The molecule has 49 valence electrons. The smallest absolute Gasteiger partial charge is 0.0527 e. The van der Waals surface area contributed by atoms with Crippen molar-refractivity contribution in [3.63, 3.8) is 0 Å². The molecule has 0 aliphatic carbocycles. The molecule has 0 amide bonds.